The number of unbranched alkanes of at least 4 members (excludes halogenated alkanes) is 1. The molecule has 4 nitrogen and oxygen atoms in total. The molecular weight excluding hydrogens is 319 g/mol. The molecule has 0 atom stereocenters. The molecule has 1 aromatic carbocycles. The van der Waals surface area contributed by atoms with Crippen LogP contribution >= 0.6 is 11.6 Å². The third-order valence-electron chi connectivity index (χ3n) is 3.55. The average Bonchev–Trinajstić information content (AvgIpc) is 2.49. The number of benzene rings is 1. The van der Waals surface area contributed by atoms with Crippen LogP contribution in [0.4, 0.5) is 4.39 Å². The maximum absolute atomic E-state index is 13.6. The minimum atomic E-state index is -0.638. The molecule has 0 unspecified atom stereocenters. The first kappa shape index (κ1) is 17.2. The first-order chi connectivity index (χ1) is 11.0. The molecule has 2 aromatic rings. The van der Waals surface area contributed by atoms with Gasteiger partial charge in [0.1, 0.15) is 5.82 Å². The Morgan fingerprint density at radius 2 is 1.96 bits per heavy atom. The SMILES string of the molecule is Cc1cccc(=O)n1CCCCNC(=O)c1c(F)cccc1Cl. The van der Waals surface area contributed by atoms with Crippen LogP contribution in [-0.4, -0.2) is 17.0 Å². The Balaban J connectivity index is 1.82. The number of hydrogen-bond acceptors (Lipinski definition) is 2. The lowest BCUT2D eigenvalue weighted by Crippen LogP contribution is -2.26. The molecule has 0 saturated carbocycles. The van der Waals surface area contributed by atoms with Crippen molar-refractivity contribution in [1.82, 2.24) is 9.88 Å². The molecule has 0 aliphatic carbocycles. The highest BCUT2D eigenvalue weighted by Gasteiger charge is 2.14. The molecule has 0 aliphatic rings. The quantitative estimate of drug-likeness (QED) is 0.824. The van der Waals surface area contributed by atoms with Crippen molar-refractivity contribution in [2.75, 3.05) is 6.54 Å². The lowest BCUT2D eigenvalue weighted by Gasteiger charge is -2.10. The zero-order valence-electron chi connectivity index (χ0n) is 12.8. The topological polar surface area (TPSA) is 51.1 Å². The first-order valence-electron chi connectivity index (χ1n) is 7.39. The molecule has 0 radical (unpaired) electrons. The van der Waals surface area contributed by atoms with Crippen molar-refractivity contribution in [2.24, 2.45) is 0 Å². The first-order valence-corrected chi connectivity index (χ1v) is 7.77. The fourth-order valence-electron chi connectivity index (χ4n) is 2.31. The van der Waals surface area contributed by atoms with E-state index in [-0.39, 0.29) is 16.1 Å². The zero-order valence-corrected chi connectivity index (χ0v) is 13.6. The van der Waals surface area contributed by atoms with Gasteiger partial charge in [0.05, 0.1) is 10.6 Å². The summed E-state index contributed by atoms with van der Waals surface area (Å²) in [7, 11) is 0. The van der Waals surface area contributed by atoms with Gasteiger partial charge >= 0.3 is 0 Å². The number of aromatic nitrogens is 1. The molecule has 6 heteroatoms. The van der Waals surface area contributed by atoms with Crippen molar-refractivity contribution in [3.63, 3.8) is 0 Å². The van der Waals surface area contributed by atoms with Crippen molar-refractivity contribution in [1.29, 1.82) is 0 Å². The van der Waals surface area contributed by atoms with E-state index in [1.807, 2.05) is 13.0 Å². The molecular formula is C17H18ClFN2O2. The predicted molar refractivity (Wildman–Crippen MR) is 88.4 cm³/mol. The smallest absolute Gasteiger partial charge is 0.255 e. The molecule has 1 N–H and O–H groups in total. The Morgan fingerprint density at radius 1 is 1.22 bits per heavy atom. The maximum Gasteiger partial charge on any atom is 0.255 e. The van der Waals surface area contributed by atoms with E-state index in [0.29, 0.717) is 19.5 Å². The molecule has 1 aromatic heterocycles. The van der Waals surface area contributed by atoms with Gasteiger partial charge in [-0.25, -0.2) is 4.39 Å². The minimum Gasteiger partial charge on any atom is -0.352 e. The predicted octanol–water partition coefficient (Wildman–Crippen LogP) is 3.16. The van der Waals surface area contributed by atoms with Crippen LogP contribution in [0.3, 0.4) is 0 Å². The molecule has 0 bridgehead atoms. The average molecular weight is 337 g/mol. The highest BCUT2D eigenvalue weighted by Crippen LogP contribution is 2.18. The van der Waals surface area contributed by atoms with E-state index >= 15 is 0 Å². The third-order valence-corrected chi connectivity index (χ3v) is 3.87. The van der Waals surface area contributed by atoms with E-state index in [1.54, 1.807) is 10.6 Å². The van der Waals surface area contributed by atoms with Crippen LogP contribution in [0.1, 0.15) is 28.9 Å². The van der Waals surface area contributed by atoms with E-state index in [9.17, 15) is 14.0 Å². The van der Waals surface area contributed by atoms with E-state index < -0.39 is 11.7 Å². The summed E-state index contributed by atoms with van der Waals surface area (Å²) in [6.45, 7) is 2.86. The van der Waals surface area contributed by atoms with E-state index in [4.69, 9.17) is 11.6 Å². The molecule has 122 valence electrons. The number of rotatable bonds is 6. The molecule has 2 rings (SSSR count). The lowest BCUT2D eigenvalue weighted by atomic mass is 10.2. The van der Waals surface area contributed by atoms with Gasteiger partial charge in [0.25, 0.3) is 11.5 Å². The van der Waals surface area contributed by atoms with E-state index in [2.05, 4.69) is 5.32 Å². The highest BCUT2D eigenvalue weighted by molar-refractivity contribution is 6.33. The van der Waals surface area contributed by atoms with Gasteiger partial charge in [-0.15, -0.1) is 0 Å². The van der Waals surface area contributed by atoms with Gasteiger partial charge < -0.3 is 9.88 Å². The molecule has 0 aliphatic heterocycles. The van der Waals surface area contributed by atoms with Crippen molar-refractivity contribution >= 4 is 17.5 Å². The molecule has 0 fully saturated rings. The number of amides is 1. The number of halogens is 2. The second kappa shape index (κ2) is 7.92. The van der Waals surface area contributed by atoms with Gasteiger partial charge in [-0.3, -0.25) is 9.59 Å². The molecule has 1 amide bonds. The Kier molecular flexibility index (Phi) is 5.93. The summed E-state index contributed by atoms with van der Waals surface area (Å²) < 4.78 is 15.3. The van der Waals surface area contributed by atoms with Gasteiger partial charge in [-0.05, 0) is 38.0 Å². The van der Waals surface area contributed by atoms with Crippen LogP contribution < -0.4 is 10.9 Å². The maximum atomic E-state index is 13.6. The fourth-order valence-corrected chi connectivity index (χ4v) is 2.56. The summed E-state index contributed by atoms with van der Waals surface area (Å²) in [6.07, 6.45) is 1.41. The monoisotopic (exact) mass is 336 g/mol. The van der Waals surface area contributed by atoms with E-state index in [0.717, 1.165) is 12.1 Å². The van der Waals surface area contributed by atoms with Gasteiger partial charge in [-0.2, -0.15) is 0 Å². The number of aryl methyl sites for hydroxylation is 1. The summed E-state index contributed by atoms with van der Waals surface area (Å²) >= 11 is 5.84. The summed E-state index contributed by atoms with van der Waals surface area (Å²) in [5.74, 6) is -1.16. The Morgan fingerprint density at radius 3 is 2.65 bits per heavy atom. The molecule has 0 saturated heterocycles. The lowest BCUT2D eigenvalue weighted by molar-refractivity contribution is 0.0949. The summed E-state index contributed by atoms with van der Waals surface area (Å²) in [6, 6.07) is 9.26. The number of pyridine rings is 1. The van der Waals surface area contributed by atoms with Crippen LogP contribution in [0.15, 0.2) is 41.2 Å². The summed E-state index contributed by atoms with van der Waals surface area (Å²) in [5.41, 5.74) is 0.733. The molecule has 23 heavy (non-hydrogen) atoms. The van der Waals surface area contributed by atoms with Gasteiger partial charge in [0.2, 0.25) is 0 Å². The van der Waals surface area contributed by atoms with E-state index in [1.165, 1.54) is 24.3 Å². The number of carbonyl (C=O) groups is 1. The second-order valence-electron chi connectivity index (χ2n) is 5.22. The summed E-state index contributed by atoms with van der Waals surface area (Å²) in [5, 5.41) is 2.74. The van der Waals surface area contributed by atoms with Crippen molar-refractivity contribution in [3.8, 4) is 0 Å². The largest absolute Gasteiger partial charge is 0.352 e. The van der Waals surface area contributed by atoms with Crippen LogP contribution in [0, 0.1) is 12.7 Å². The third kappa shape index (κ3) is 4.42. The van der Waals surface area contributed by atoms with Crippen molar-refractivity contribution in [2.45, 2.75) is 26.3 Å². The van der Waals surface area contributed by atoms with Gasteiger partial charge in [0, 0.05) is 24.8 Å². The second-order valence-corrected chi connectivity index (χ2v) is 5.62. The van der Waals surface area contributed by atoms with Crippen molar-refractivity contribution in [3.05, 3.63) is 68.8 Å². The zero-order chi connectivity index (χ0) is 16.8. The summed E-state index contributed by atoms with van der Waals surface area (Å²) in [4.78, 5) is 23.6. The Hall–Kier alpha value is -2.14. The van der Waals surface area contributed by atoms with Crippen LogP contribution in [-0.2, 0) is 6.54 Å². The fraction of sp³-hybridized carbons (Fsp3) is 0.294. The minimum absolute atomic E-state index is 0.0350. The van der Waals surface area contributed by atoms with Gasteiger partial charge in [0.15, 0.2) is 0 Å². The molecule has 0 spiro atoms. The Bertz CT molecular complexity index is 738. The normalized spacial score (nSPS) is 10.6. The number of carbonyl (C=O) groups excluding carboxylic acids is 1. The standard InChI is InChI=1S/C17H18ClFN2O2/c1-12-6-4-9-15(22)21(12)11-3-2-10-20-17(23)16-13(18)7-5-8-14(16)19/h4-9H,2-3,10-11H2,1H3,(H,20,23). The van der Waals surface area contributed by atoms with Crippen LogP contribution in [0.25, 0.3) is 0 Å². The highest BCUT2D eigenvalue weighted by atomic mass is 35.5. The Labute approximate surface area is 138 Å². The van der Waals surface area contributed by atoms with Gasteiger partial charge in [-0.1, -0.05) is 23.7 Å². The molecule has 1 heterocycles. The van der Waals surface area contributed by atoms with Crippen LogP contribution in [0.5, 0.6) is 0 Å². The number of nitrogens with one attached hydrogen (secondary N) is 1. The van der Waals surface area contributed by atoms with Crippen molar-refractivity contribution < 1.29 is 9.18 Å². The number of nitrogens with zero attached hydrogens (tertiary/aromatic N) is 1. The van der Waals surface area contributed by atoms with Crippen LogP contribution in [0.2, 0.25) is 5.02 Å². The number of hydrogen-bond donors (Lipinski definition) is 1.